The quantitative estimate of drug-likeness (QED) is 0.756. The lowest BCUT2D eigenvalue weighted by Crippen LogP contribution is -2.46. The van der Waals surface area contributed by atoms with Crippen LogP contribution in [0.1, 0.15) is 32.1 Å². The van der Waals surface area contributed by atoms with Crippen molar-refractivity contribution in [2.45, 2.75) is 38.1 Å². The molecule has 1 heterocycles. The molecule has 2 aliphatic rings. The molecule has 0 spiro atoms. The lowest BCUT2D eigenvalue weighted by molar-refractivity contribution is 0.169. The lowest BCUT2D eigenvalue weighted by atomic mass is 10.00. The zero-order chi connectivity index (χ0) is 10.7. The number of nitriles is 1. The third-order valence-corrected chi connectivity index (χ3v) is 3.89. The molecule has 84 valence electrons. The minimum atomic E-state index is 0.362. The normalized spacial score (nSPS) is 28.7. The van der Waals surface area contributed by atoms with Gasteiger partial charge < -0.3 is 10.2 Å². The zero-order valence-corrected chi connectivity index (χ0v) is 9.63. The number of nitrogens with zero attached hydrogens (tertiary/aromatic N) is 2. The zero-order valence-electron chi connectivity index (χ0n) is 9.63. The van der Waals surface area contributed by atoms with Crippen LogP contribution in [0.25, 0.3) is 0 Å². The van der Waals surface area contributed by atoms with E-state index >= 15 is 0 Å². The van der Waals surface area contributed by atoms with Gasteiger partial charge in [-0.25, -0.2) is 0 Å². The van der Waals surface area contributed by atoms with Crippen LogP contribution in [0, 0.1) is 16.7 Å². The molecule has 3 nitrogen and oxygen atoms in total. The molecule has 2 fully saturated rings. The van der Waals surface area contributed by atoms with Gasteiger partial charge in [-0.05, 0) is 44.7 Å². The number of nitrogens with one attached hydrogen (secondary N) is 1. The van der Waals surface area contributed by atoms with Crippen LogP contribution in [0.2, 0.25) is 0 Å². The summed E-state index contributed by atoms with van der Waals surface area (Å²) in [6.45, 7) is 3.42. The second-order valence-electron chi connectivity index (χ2n) is 5.25. The van der Waals surface area contributed by atoms with Gasteiger partial charge in [0, 0.05) is 25.6 Å². The molecule has 0 bridgehead atoms. The number of rotatable bonds is 4. The van der Waals surface area contributed by atoms with E-state index in [4.69, 9.17) is 5.26 Å². The maximum absolute atomic E-state index is 8.78. The number of piperidine rings is 1. The van der Waals surface area contributed by atoms with E-state index in [-0.39, 0.29) is 0 Å². The summed E-state index contributed by atoms with van der Waals surface area (Å²) >= 11 is 0. The van der Waals surface area contributed by atoms with Gasteiger partial charge in [0.1, 0.15) is 0 Å². The highest BCUT2D eigenvalue weighted by atomic mass is 15.2. The molecule has 1 atom stereocenters. The molecule has 0 aromatic heterocycles. The summed E-state index contributed by atoms with van der Waals surface area (Å²) in [6, 6.07) is 3.03. The largest absolute Gasteiger partial charge is 0.315 e. The molecule has 1 saturated heterocycles. The Labute approximate surface area is 92.4 Å². The fourth-order valence-corrected chi connectivity index (χ4v) is 2.60. The van der Waals surface area contributed by atoms with Crippen LogP contribution >= 0.6 is 0 Å². The van der Waals surface area contributed by atoms with Crippen molar-refractivity contribution >= 4 is 0 Å². The van der Waals surface area contributed by atoms with Gasteiger partial charge in [-0.15, -0.1) is 0 Å². The predicted octanol–water partition coefficient (Wildman–Crippen LogP) is 1.36. The Bertz CT molecular complexity index is 246. The van der Waals surface area contributed by atoms with Crippen molar-refractivity contribution in [3.05, 3.63) is 0 Å². The first kappa shape index (κ1) is 10.9. The van der Waals surface area contributed by atoms with E-state index < -0.39 is 0 Å². The van der Waals surface area contributed by atoms with Crippen molar-refractivity contribution in [3.63, 3.8) is 0 Å². The highest BCUT2D eigenvalue weighted by molar-refractivity contribution is 5.01. The molecule has 0 aromatic carbocycles. The van der Waals surface area contributed by atoms with E-state index in [9.17, 15) is 0 Å². The fraction of sp³-hybridized carbons (Fsp3) is 0.917. The first-order valence-electron chi connectivity index (χ1n) is 6.04. The van der Waals surface area contributed by atoms with Crippen LogP contribution in [0.3, 0.4) is 0 Å². The highest BCUT2D eigenvalue weighted by Crippen LogP contribution is 2.49. The van der Waals surface area contributed by atoms with Crippen LogP contribution in [0.15, 0.2) is 0 Å². The number of hydrogen-bond donors (Lipinski definition) is 1. The molecule has 0 aromatic rings. The van der Waals surface area contributed by atoms with Gasteiger partial charge in [-0.2, -0.15) is 5.26 Å². The Morgan fingerprint density at radius 2 is 2.33 bits per heavy atom. The fourth-order valence-electron chi connectivity index (χ4n) is 2.60. The topological polar surface area (TPSA) is 39.1 Å². The van der Waals surface area contributed by atoms with E-state index in [1.54, 1.807) is 0 Å². The SMILES string of the molecule is CN(CC1(CC#N)CC1)C1CCCNC1. The molecular weight excluding hydrogens is 186 g/mol. The number of likely N-dealkylation sites (N-methyl/N-ethyl adjacent to an activating group) is 1. The number of hydrogen-bond acceptors (Lipinski definition) is 3. The van der Waals surface area contributed by atoms with E-state index in [0.29, 0.717) is 11.5 Å². The van der Waals surface area contributed by atoms with Gasteiger partial charge >= 0.3 is 0 Å². The third kappa shape index (κ3) is 2.70. The minimum Gasteiger partial charge on any atom is -0.315 e. The first-order valence-corrected chi connectivity index (χ1v) is 6.04. The highest BCUT2D eigenvalue weighted by Gasteiger charge is 2.43. The van der Waals surface area contributed by atoms with Gasteiger partial charge in [0.05, 0.1) is 6.07 Å². The molecule has 1 saturated carbocycles. The summed E-state index contributed by atoms with van der Waals surface area (Å²) < 4.78 is 0. The van der Waals surface area contributed by atoms with Gasteiger partial charge in [0.2, 0.25) is 0 Å². The summed E-state index contributed by atoms with van der Waals surface area (Å²) in [5.41, 5.74) is 0.362. The first-order chi connectivity index (χ1) is 7.26. The Morgan fingerprint density at radius 3 is 2.87 bits per heavy atom. The molecular formula is C12H21N3. The average Bonchev–Trinajstić information content (AvgIpc) is 3.00. The Balaban J connectivity index is 1.81. The monoisotopic (exact) mass is 207 g/mol. The Morgan fingerprint density at radius 1 is 1.53 bits per heavy atom. The van der Waals surface area contributed by atoms with E-state index in [1.807, 2.05) is 0 Å². The predicted molar refractivity (Wildman–Crippen MR) is 60.4 cm³/mol. The molecule has 15 heavy (non-hydrogen) atoms. The van der Waals surface area contributed by atoms with Gasteiger partial charge in [0.25, 0.3) is 0 Å². The molecule has 3 heteroatoms. The summed E-state index contributed by atoms with van der Waals surface area (Å²) in [5, 5.41) is 12.2. The standard InChI is InChI=1S/C12H21N3/c1-15(11-3-2-8-14-9-11)10-12(4-5-12)6-7-13/h11,14H,2-6,8-10H2,1H3. The van der Waals surface area contributed by atoms with E-state index in [2.05, 4.69) is 23.3 Å². The van der Waals surface area contributed by atoms with Crippen molar-refractivity contribution in [3.8, 4) is 6.07 Å². The van der Waals surface area contributed by atoms with Crippen molar-refractivity contribution in [2.24, 2.45) is 5.41 Å². The second-order valence-corrected chi connectivity index (χ2v) is 5.25. The molecule has 1 unspecified atom stereocenters. The van der Waals surface area contributed by atoms with Crippen LogP contribution in [0.5, 0.6) is 0 Å². The van der Waals surface area contributed by atoms with Crippen molar-refractivity contribution in [1.29, 1.82) is 5.26 Å². The van der Waals surface area contributed by atoms with E-state index in [0.717, 1.165) is 19.5 Å². The van der Waals surface area contributed by atoms with Gasteiger partial charge in [0.15, 0.2) is 0 Å². The maximum Gasteiger partial charge on any atom is 0.0628 e. The summed E-state index contributed by atoms with van der Waals surface area (Å²) in [6.07, 6.45) is 5.86. The maximum atomic E-state index is 8.78. The molecule has 1 N–H and O–H groups in total. The van der Waals surface area contributed by atoms with Crippen LogP contribution in [-0.4, -0.2) is 37.6 Å². The average molecular weight is 207 g/mol. The van der Waals surface area contributed by atoms with Crippen LogP contribution in [-0.2, 0) is 0 Å². The molecule has 0 amide bonds. The second kappa shape index (κ2) is 4.51. The summed E-state index contributed by atoms with van der Waals surface area (Å²) in [4.78, 5) is 2.47. The van der Waals surface area contributed by atoms with Crippen molar-refractivity contribution in [2.75, 3.05) is 26.7 Å². The molecule has 1 aliphatic heterocycles. The van der Waals surface area contributed by atoms with Gasteiger partial charge in [-0.3, -0.25) is 0 Å². The third-order valence-electron chi connectivity index (χ3n) is 3.89. The van der Waals surface area contributed by atoms with E-state index in [1.165, 1.54) is 32.2 Å². The van der Waals surface area contributed by atoms with Crippen LogP contribution in [0.4, 0.5) is 0 Å². The smallest absolute Gasteiger partial charge is 0.0628 e. The Kier molecular flexibility index (Phi) is 3.28. The lowest BCUT2D eigenvalue weighted by Gasteiger charge is -2.33. The van der Waals surface area contributed by atoms with Crippen molar-refractivity contribution < 1.29 is 0 Å². The summed E-state index contributed by atoms with van der Waals surface area (Å²) in [7, 11) is 2.22. The molecule has 2 rings (SSSR count). The van der Waals surface area contributed by atoms with Gasteiger partial charge in [-0.1, -0.05) is 0 Å². The Hall–Kier alpha value is -0.590. The summed E-state index contributed by atoms with van der Waals surface area (Å²) in [5.74, 6) is 0. The molecule has 0 radical (unpaired) electrons. The van der Waals surface area contributed by atoms with Crippen LogP contribution < -0.4 is 5.32 Å². The van der Waals surface area contributed by atoms with Crippen molar-refractivity contribution in [1.82, 2.24) is 10.2 Å². The minimum absolute atomic E-state index is 0.362. The molecule has 1 aliphatic carbocycles.